The maximum absolute atomic E-state index is 11.8. The van der Waals surface area contributed by atoms with Crippen LogP contribution >= 0.6 is 0 Å². The summed E-state index contributed by atoms with van der Waals surface area (Å²) in [5.41, 5.74) is 3.70. The lowest BCUT2D eigenvalue weighted by Crippen LogP contribution is -2.29. The van der Waals surface area contributed by atoms with Crippen molar-refractivity contribution in [3.8, 4) is 5.75 Å². The second-order valence-corrected chi connectivity index (χ2v) is 4.63. The molecule has 0 saturated heterocycles. The quantitative estimate of drug-likeness (QED) is 0.670. The van der Waals surface area contributed by atoms with Gasteiger partial charge >= 0.3 is 0 Å². The number of pyridine rings is 1. The van der Waals surface area contributed by atoms with Gasteiger partial charge in [-0.1, -0.05) is 18.2 Å². The summed E-state index contributed by atoms with van der Waals surface area (Å²) in [4.78, 5) is 23.3. The second kappa shape index (κ2) is 7.21. The van der Waals surface area contributed by atoms with Crippen LogP contribution in [-0.4, -0.2) is 23.3 Å². The van der Waals surface area contributed by atoms with Crippen molar-refractivity contribution in [2.24, 2.45) is 5.10 Å². The molecule has 22 heavy (non-hydrogen) atoms. The van der Waals surface area contributed by atoms with Crippen molar-refractivity contribution in [3.63, 3.8) is 0 Å². The average Bonchev–Trinajstić information content (AvgIpc) is 2.55. The molecular weight excluding hydrogens is 282 g/mol. The average molecular weight is 299 g/mol. The van der Waals surface area contributed by atoms with Gasteiger partial charge in [-0.15, -0.1) is 0 Å². The first kappa shape index (κ1) is 15.5. The minimum atomic E-state index is -0.365. The normalized spacial score (nSPS) is 11.1. The highest BCUT2D eigenvalue weighted by atomic mass is 16.5. The number of hydrogen-bond donors (Lipinski definition) is 1. The maximum Gasteiger partial charge on any atom is 0.260 e. The molecule has 1 N–H and O–H groups in total. The largest absolute Gasteiger partial charge is 0.497 e. The lowest BCUT2D eigenvalue weighted by Gasteiger charge is -2.06. The van der Waals surface area contributed by atoms with Gasteiger partial charge < -0.3 is 9.30 Å². The fraction of sp³-hybridized carbons (Fsp3) is 0.188. The van der Waals surface area contributed by atoms with E-state index in [0.717, 1.165) is 5.56 Å². The number of nitrogens with zero attached hydrogens (tertiary/aromatic N) is 2. The van der Waals surface area contributed by atoms with Gasteiger partial charge in [0.15, 0.2) is 0 Å². The maximum atomic E-state index is 11.8. The van der Waals surface area contributed by atoms with Crippen LogP contribution in [0.2, 0.25) is 0 Å². The van der Waals surface area contributed by atoms with Gasteiger partial charge in [-0.25, -0.2) is 5.43 Å². The minimum Gasteiger partial charge on any atom is -0.497 e. The molecule has 6 nitrogen and oxygen atoms in total. The first-order valence-electron chi connectivity index (χ1n) is 6.73. The number of amides is 1. The molecule has 0 unspecified atom stereocenters. The van der Waals surface area contributed by atoms with E-state index in [1.54, 1.807) is 32.4 Å². The molecule has 114 valence electrons. The summed E-state index contributed by atoms with van der Waals surface area (Å²) in [6, 6.07) is 12.1. The van der Waals surface area contributed by atoms with Gasteiger partial charge in [0.25, 0.3) is 11.5 Å². The predicted octanol–water partition coefficient (Wildman–Crippen LogP) is 1.40. The SMILES string of the molecule is COc1cccc(/C(C)=N\NC(=O)Cn2ccccc2=O)c1. The summed E-state index contributed by atoms with van der Waals surface area (Å²) < 4.78 is 6.45. The van der Waals surface area contributed by atoms with Crippen LogP contribution in [0.3, 0.4) is 0 Å². The zero-order valence-corrected chi connectivity index (χ0v) is 12.4. The first-order chi connectivity index (χ1) is 10.6. The van der Waals surface area contributed by atoms with Crippen molar-refractivity contribution in [2.75, 3.05) is 7.11 Å². The molecule has 2 rings (SSSR count). The summed E-state index contributed by atoms with van der Waals surface area (Å²) in [5.74, 6) is 0.352. The Balaban J connectivity index is 2.02. The third kappa shape index (κ3) is 4.05. The van der Waals surface area contributed by atoms with Crippen molar-refractivity contribution in [3.05, 3.63) is 64.6 Å². The zero-order valence-electron chi connectivity index (χ0n) is 12.4. The van der Waals surface area contributed by atoms with Crippen molar-refractivity contribution < 1.29 is 9.53 Å². The second-order valence-electron chi connectivity index (χ2n) is 4.63. The van der Waals surface area contributed by atoms with E-state index < -0.39 is 0 Å². The Bertz CT molecular complexity index is 750. The summed E-state index contributed by atoms with van der Waals surface area (Å²) >= 11 is 0. The van der Waals surface area contributed by atoms with E-state index in [2.05, 4.69) is 10.5 Å². The molecule has 0 fully saturated rings. The van der Waals surface area contributed by atoms with E-state index in [-0.39, 0.29) is 18.0 Å². The number of rotatable bonds is 5. The fourth-order valence-corrected chi connectivity index (χ4v) is 1.84. The van der Waals surface area contributed by atoms with Gasteiger partial charge in [0, 0.05) is 17.8 Å². The van der Waals surface area contributed by atoms with Crippen LogP contribution in [0.25, 0.3) is 0 Å². The molecule has 0 spiro atoms. The fourth-order valence-electron chi connectivity index (χ4n) is 1.84. The Morgan fingerprint density at radius 2 is 2.09 bits per heavy atom. The smallest absolute Gasteiger partial charge is 0.260 e. The third-order valence-corrected chi connectivity index (χ3v) is 3.05. The molecule has 0 aliphatic rings. The van der Waals surface area contributed by atoms with E-state index in [9.17, 15) is 9.59 Å². The molecule has 1 amide bonds. The molecule has 0 aliphatic carbocycles. The summed E-state index contributed by atoms with van der Waals surface area (Å²) in [5, 5.41) is 4.04. The number of ether oxygens (including phenoxy) is 1. The molecule has 6 heteroatoms. The molecule has 1 aromatic carbocycles. The van der Waals surface area contributed by atoms with Gasteiger partial charge in [0.05, 0.1) is 12.8 Å². The summed E-state index contributed by atoms with van der Waals surface area (Å²) in [7, 11) is 1.59. The van der Waals surface area contributed by atoms with E-state index in [4.69, 9.17) is 4.74 Å². The highest BCUT2D eigenvalue weighted by Gasteiger charge is 2.04. The molecule has 0 aliphatic heterocycles. The van der Waals surface area contributed by atoms with E-state index in [1.807, 2.05) is 24.3 Å². The van der Waals surface area contributed by atoms with Gasteiger partial charge in [-0.2, -0.15) is 5.10 Å². The van der Waals surface area contributed by atoms with E-state index in [0.29, 0.717) is 11.5 Å². The highest BCUT2D eigenvalue weighted by molar-refractivity contribution is 5.99. The van der Waals surface area contributed by atoms with Crippen molar-refractivity contribution in [1.82, 2.24) is 9.99 Å². The Morgan fingerprint density at radius 3 is 2.82 bits per heavy atom. The van der Waals surface area contributed by atoms with Crippen LogP contribution in [-0.2, 0) is 11.3 Å². The van der Waals surface area contributed by atoms with Gasteiger partial charge in [-0.3, -0.25) is 9.59 Å². The van der Waals surface area contributed by atoms with Crippen LogP contribution in [0, 0.1) is 0 Å². The van der Waals surface area contributed by atoms with Gasteiger partial charge in [-0.05, 0) is 25.1 Å². The molecule has 0 atom stereocenters. The molecule has 0 bridgehead atoms. The van der Waals surface area contributed by atoms with Crippen molar-refractivity contribution in [1.29, 1.82) is 0 Å². The van der Waals surface area contributed by atoms with Gasteiger partial charge in [0.1, 0.15) is 12.3 Å². The van der Waals surface area contributed by atoms with Crippen LogP contribution in [0.1, 0.15) is 12.5 Å². The predicted molar refractivity (Wildman–Crippen MR) is 84.0 cm³/mol. The Kier molecular flexibility index (Phi) is 5.08. The number of methoxy groups -OCH3 is 1. The molecular formula is C16H17N3O3. The Morgan fingerprint density at radius 1 is 1.27 bits per heavy atom. The number of aromatic nitrogens is 1. The summed E-state index contributed by atoms with van der Waals surface area (Å²) in [6.45, 7) is 1.71. The molecule has 1 heterocycles. The minimum absolute atomic E-state index is 0.0748. The van der Waals surface area contributed by atoms with E-state index >= 15 is 0 Å². The van der Waals surface area contributed by atoms with Crippen molar-refractivity contribution >= 4 is 11.6 Å². The number of carbonyl (C=O) groups is 1. The summed E-state index contributed by atoms with van der Waals surface area (Å²) in [6.07, 6.45) is 1.56. The number of hydrogen-bond acceptors (Lipinski definition) is 4. The standard InChI is InChI=1S/C16H17N3O3/c1-12(13-6-5-7-14(10-13)22-2)17-18-15(20)11-19-9-4-3-8-16(19)21/h3-10H,11H2,1-2H3,(H,18,20)/b17-12-. The van der Waals surface area contributed by atoms with Crippen LogP contribution < -0.4 is 15.7 Å². The number of hydrazone groups is 1. The van der Waals surface area contributed by atoms with Crippen LogP contribution in [0.15, 0.2) is 58.6 Å². The van der Waals surface area contributed by atoms with Gasteiger partial charge in [0.2, 0.25) is 0 Å². The molecule has 0 saturated carbocycles. The Hall–Kier alpha value is -2.89. The van der Waals surface area contributed by atoms with E-state index in [1.165, 1.54) is 10.6 Å². The third-order valence-electron chi connectivity index (χ3n) is 3.05. The number of nitrogens with one attached hydrogen (secondary N) is 1. The zero-order chi connectivity index (χ0) is 15.9. The lowest BCUT2D eigenvalue weighted by molar-refractivity contribution is -0.121. The van der Waals surface area contributed by atoms with Crippen LogP contribution in [0.4, 0.5) is 0 Å². The highest BCUT2D eigenvalue weighted by Crippen LogP contribution is 2.12. The molecule has 2 aromatic rings. The lowest BCUT2D eigenvalue weighted by atomic mass is 10.1. The van der Waals surface area contributed by atoms with Crippen molar-refractivity contribution in [2.45, 2.75) is 13.5 Å². The molecule has 0 radical (unpaired) electrons. The number of benzene rings is 1. The number of carbonyl (C=O) groups excluding carboxylic acids is 1. The first-order valence-corrected chi connectivity index (χ1v) is 6.73. The van der Waals surface area contributed by atoms with Crippen LogP contribution in [0.5, 0.6) is 5.75 Å². The monoisotopic (exact) mass is 299 g/mol. The topological polar surface area (TPSA) is 72.7 Å². The Labute approximate surface area is 128 Å². The molecule has 1 aromatic heterocycles.